The first-order valence-electron chi connectivity index (χ1n) is 5.70. The predicted molar refractivity (Wildman–Crippen MR) is 62.8 cm³/mol. The number of aliphatic hydroxyl groups excluding tert-OH is 2. The Hall–Kier alpha value is -1.34. The largest absolute Gasteiger partial charge is 0.467 e. The number of aliphatic hydroxyl groups is 2. The van der Waals surface area contributed by atoms with Crippen LogP contribution < -0.4 is 5.32 Å². The van der Waals surface area contributed by atoms with Crippen molar-refractivity contribution in [3.63, 3.8) is 0 Å². The molecule has 0 heterocycles. The van der Waals surface area contributed by atoms with Gasteiger partial charge in [0.25, 0.3) is 0 Å². The van der Waals surface area contributed by atoms with Crippen molar-refractivity contribution in [3.05, 3.63) is 0 Å². The maximum absolute atomic E-state index is 11.4. The lowest BCUT2D eigenvalue weighted by Gasteiger charge is -2.18. The highest BCUT2D eigenvalue weighted by Crippen LogP contribution is 2.06. The first kappa shape index (κ1) is 16.7. The van der Waals surface area contributed by atoms with Gasteiger partial charge in [0.2, 0.25) is 0 Å². The first-order valence-corrected chi connectivity index (χ1v) is 5.70. The van der Waals surface area contributed by atoms with E-state index in [9.17, 15) is 9.59 Å². The van der Waals surface area contributed by atoms with Gasteiger partial charge in [-0.3, -0.25) is 0 Å². The number of amides is 1. The third kappa shape index (κ3) is 7.08. The summed E-state index contributed by atoms with van der Waals surface area (Å²) in [5.41, 5.74) is 0. The van der Waals surface area contributed by atoms with Gasteiger partial charge in [-0.25, -0.2) is 9.59 Å². The van der Waals surface area contributed by atoms with Gasteiger partial charge >= 0.3 is 12.1 Å². The van der Waals surface area contributed by atoms with E-state index in [0.717, 1.165) is 0 Å². The Balaban J connectivity index is 4.22. The second kappa shape index (κ2) is 8.71. The van der Waals surface area contributed by atoms with Crippen LogP contribution in [0.4, 0.5) is 4.79 Å². The van der Waals surface area contributed by atoms with Crippen LogP contribution in [-0.4, -0.2) is 54.7 Å². The second-order valence-corrected chi connectivity index (χ2v) is 4.28. The van der Waals surface area contributed by atoms with Gasteiger partial charge in [0.15, 0.2) is 0 Å². The van der Waals surface area contributed by atoms with Crippen LogP contribution in [0.3, 0.4) is 0 Å². The number of carbonyl (C=O) groups is 2. The Bertz CT molecular complexity index is 268. The van der Waals surface area contributed by atoms with Crippen LogP contribution in [0.15, 0.2) is 0 Å². The summed E-state index contributed by atoms with van der Waals surface area (Å²) in [5, 5.41) is 19.9. The number of hydrogen-bond donors (Lipinski definition) is 3. The number of ether oxygens (including phenoxy) is 2. The van der Waals surface area contributed by atoms with Crippen LogP contribution in [0, 0.1) is 5.92 Å². The highest BCUT2D eigenvalue weighted by Gasteiger charge is 2.23. The summed E-state index contributed by atoms with van der Waals surface area (Å²) >= 11 is 0. The highest BCUT2D eigenvalue weighted by molar-refractivity contribution is 5.81. The molecule has 0 fully saturated rings. The molecule has 7 nitrogen and oxygen atoms in total. The van der Waals surface area contributed by atoms with E-state index in [1.807, 2.05) is 13.8 Å². The SMILES string of the molecule is COC(=O)C(CC(C)C)NC(=O)OCC(O)CO. The Morgan fingerprint density at radius 1 is 1.33 bits per heavy atom. The summed E-state index contributed by atoms with van der Waals surface area (Å²) in [4.78, 5) is 22.7. The molecular weight excluding hydrogens is 242 g/mol. The van der Waals surface area contributed by atoms with Crippen molar-refractivity contribution in [3.8, 4) is 0 Å². The van der Waals surface area contributed by atoms with Crippen molar-refractivity contribution >= 4 is 12.1 Å². The van der Waals surface area contributed by atoms with Gasteiger partial charge in [-0.05, 0) is 12.3 Å². The van der Waals surface area contributed by atoms with Crippen LogP contribution in [-0.2, 0) is 14.3 Å². The lowest BCUT2D eigenvalue weighted by molar-refractivity contribution is -0.143. The molecule has 0 aliphatic heterocycles. The summed E-state index contributed by atoms with van der Waals surface area (Å²) in [6.45, 7) is 2.97. The molecule has 0 spiro atoms. The molecule has 2 unspecified atom stereocenters. The molecule has 0 saturated heterocycles. The maximum Gasteiger partial charge on any atom is 0.407 e. The van der Waals surface area contributed by atoms with Gasteiger partial charge in [0, 0.05) is 0 Å². The van der Waals surface area contributed by atoms with Crippen LogP contribution in [0.5, 0.6) is 0 Å². The van der Waals surface area contributed by atoms with E-state index >= 15 is 0 Å². The number of carbonyl (C=O) groups excluding carboxylic acids is 2. The van der Waals surface area contributed by atoms with E-state index < -0.39 is 30.8 Å². The molecule has 2 atom stereocenters. The lowest BCUT2D eigenvalue weighted by atomic mass is 10.0. The minimum absolute atomic E-state index is 0.192. The Morgan fingerprint density at radius 3 is 2.39 bits per heavy atom. The zero-order valence-corrected chi connectivity index (χ0v) is 10.9. The summed E-state index contributed by atoms with van der Waals surface area (Å²) in [6, 6.07) is -0.784. The monoisotopic (exact) mass is 263 g/mol. The molecule has 0 rings (SSSR count). The average Bonchev–Trinajstić information content (AvgIpc) is 2.33. The minimum Gasteiger partial charge on any atom is -0.467 e. The van der Waals surface area contributed by atoms with E-state index in [2.05, 4.69) is 14.8 Å². The molecule has 0 aromatic rings. The molecule has 106 valence electrons. The molecule has 0 aliphatic rings. The van der Waals surface area contributed by atoms with Gasteiger partial charge in [0.05, 0.1) is 13.7 Å². The van der Waals surface area contributed by atoms with Gasteiger partial charge in [-0.15, -0.1) is 0 Å². The molecule has 7 heteroatoms. The first-order chi connectivity index (χ1) is 8.40. The van der Waals surface area contributed by atoms with E-state index in [1.165, 1.54) is 7.11 Å². The molecular formula is C11H21NO6. The van der Waals surface area contributed by atoms with Crippen molar-refractivity contribution in [1.29, 1.82) is 0 Å². The number of hydrogen-bond acceptors (Lipinski definition) is 6. The lowest BCUT2D eigenvalue weighted by Crippen LogP contribution is -2.43. The maximum atomic E-state index is 11.4. The Kier molecular flexibility index (Phi) is 8.06. The average molecular weight is 263 g/mol. The van der Waals surface area contributed by atoms with E-state index in [1.54, 1.807) is 0 Å². The highest BCUT2D eigenvalue weighted by atomic mass is 16.6. The molecule has 3 N–H and O–H groups in total. The fourth-order valence-electron chi connectivity index (χ4n) is 1.24. The molecule has 0 saturated carbocycles. The van der Waals surface area contributed by atoms with Crippen molar-refractivity contribution < 1.29 is 29.3 Å². The van der Waals surface area contributed by atoms with Crippen LogP contribution in [0.2, 0.25) is 0 Å². The molecule has 0 aromatic carbocycles. The third-order valence-corrected chi connectivity index (χ3v) is 2.10. The predicted octanol–water partition coefficient (Wildman–Crippen LogP) is -0.346. The number of nitrogens with one attached hydrogen (secondary N) is 1. The van der Waals surface area contributed by atoms with Crippen LogP contribution in [0.1, 0.15) is 20.3 Å². The van der Waals surface area contributed by atoms with E-state index in [4.69, 9.17) is 10.2 Å². The van der Waals surface area contributed by atoms with Gasteiger partial charge in [-0.1, -0.05) is 13.8 Å². The second-order valence-electron chi connectivity index (χ2n) is 4.28. The van der Waals surface area contributed by atoms with Crippen LogP contribution >= 0.6 is 0 Å². The summed E-state index contributed by atoms with van der Waals surface area (Å²) in [7, 11) is 1.23. The summed E-state index contributed by atoms with van der Waals surface area (Å²) < 4.78 is 9.20. The van der Waals surface area contributed by atoms with E-state index in [0.29, 0.717) is 6.42 Å². The molecule has 1 amide bonds. The Labute approximate surface area is 106 Å². The van der Waals surface area contributed by atoms with Gasteiger partial charge in [-0.2, -0.15) is 0 Å². The molecule has 0 radical (unpaired) electrons. The van der Waals surface area contributed by atoms with E-state index in [-0.39, 0.29) is 12.5 Å². The molecule has 0 aliphatic carbocycles. The molecule has 18 heavy (non-hydrogen) atoms. The Morgan fingerprint density at radius 2 is 1.94 bits per heavy atom. The fraction of sp³-hybridized carbons (Fsp3) is 0.818. The van der Waals surface area contributed by atoms with Crippen molar-refractivity contribution in [2.45, 2.75) is 32.4 Å². The van der Waals surface area contributed by atoms with Crippen LogP contribution in [0.25, 0.3) is 0 Å². The quantitative estimate of drug-likeness (QED) is 0.542. The number of rotatable bonds is 7. The standard InChI is InChI=1S/C11H21NO6/c1-7(2)4-9(10(15)17-3)12-11(16)18-6-8(14)5-13/h7-9,13-14H,4-6H2,1-3H3,(H,12,16). The topological polar surface area (TPSA) is 105 Å². The number of methoxy groups -OCH3 is 1. The zero-order valence-electron chi connectivity index (χ0n) is 10.9. The summed E-state index contributed by atoms with van der Waals surface area (Å²) in [6.07, 6.45) is -1.54. The van der Waals surface area contributed by atoms with Gasteiger partial charge < -0.3 is 25.0 Å². The molecule has 0 aromatic heterocycles. The fourth-order valence-corrected chi connectivity index (χ4v) is 1.24. The zero-order chi connectivity index (χ0) is 14.1. The molecule has 0 bridgehead atoms. The summed E-state index contributed by atoms with van der Waals surface area (Å²) in [5.74, 6) is -0.360. The minimum atomic E-state index is -1.13. The normalized spacial score (nSPS) is 13.9. The smallest absolute Gasteiger partial charge is 0.407 e. The third-order valence-electron chi connectivity index (χ3n) is 2.10. The van der Waals surface area contributed by atoms with Crippen molar-refractivity contribution in [2.75, 3.05) is 20.3 Å². The van der Waals surface area contributed by atoms with Crippen molar-refractivity contribution in [1.82, 2.24) is 5.32 Å². The number of esters is 1. The van der Waals surface area contributed by atoms with Crippen molar-refractivity contribution in [2.24, 2.45) is 5.92 Å². The number of alkyl carbamates (subject to hydrolysis) is 1. The van der Waals surface area contributed by atoms with Gasteiger partial charge in [0.1, 0.15) is 18.8 Å².